The SMILES string of the molecule is CCNC(C)c1c(F)cccc1N(C)c1ccccc1C. The zero-order valence-electron chi connectivity index (χ0n) is 13.2. The Labute approximate surface area is 126 Å². The first kappa shape index (κ1) is 15.5. The van der Waals surface area contributed by atoms with E-state index in [0.29, 0.717) is 5.56 Å². The van der Waals surface area contributed by atoms with Crippen LogP contribution in [0.5, 0.6) is 0 Å². The van der Waals surface area contributed by atoms with Gasteiger partial charge in [0.05, 0.1) is 0 Å². The molecular weight excluding hydrogens is 263 g/mol. The minimum Gasteiger partial charge on any atom is -0.344 e. The summed E-state index contributed by atoms with van der Waals surface area (Å²) in [6.07, 6.45) is 0. The second-order valence-corrected chi connectivity index (χ2v) is 5.30. The maximum Gasteiger partial charge on any atom is 0.130 e. The van der Waals surface area contributed by atoms with E-state index in [9.17, 15) is 4.39 Å². The number of hydrogen-bond donors (Lipinski definition) is 1. The van der Waals surface area contributed by atoms with Crippen molar-refractivity contribution >= 4 is 11.4 Å². The molecule has 1 N–H and O–H groups in total. The Hall–Kier alpha value is -1.87. The van der Waals surface area contributed by atoms with E-state index in [1.54, 1.807) is 6.07 Å². The fraction of sp³-hybridized carbons (Fsp3) is 0.333. The Morgan fingerprint density at radius 3 is 2.43 bits per heavy atom. The van der Waals surface area contributed by atoms with Gasteiger partial charge in [-0.1, -0.05) is 31.2 Å². The van der Waals surface area contributed by atoms with Gasteiger partial charge >= 0.3 is 0 Å². The summed E-state index contributed by atoms with van der Waals surface area (Å²) in [4.78, 5) is 2.06. The van der Waals surface area contributed by atoms with E-state index in [1.807, 2.05) is 39.1 Å². The molecule has 2 aromatic carbocycles. The van der Waals surface area contributed by atoms with Crippen molar-refractivity contribution in [3.8, 4) is 0 Å². The van der Waals surface area contributed by atoms with E-state index in [1.165, 1.54) is 11.6 Å². The second-order valence-electron chi connectivity index (χ2n) is 5.30. The lowest BCUT2D eigenvalue weighted by Crippen LogP contribution is -2.22. The van der Waals surface area contributed by atoms with E-state index in [0.717, 1.165) is 17.9 Å². The summed E-state index contributed by atoms with van der Waals surface area (Å²) in [5.41, 5.74) is 3.88. The molecule has 0 fully saturated rings. The Morgan fingerprint density at radius 2 is 1.76 bits per heavy atom. The van der Waals surface area contributed by atoms with Gasteiger partial charge in [0.25, 0.3) is 0 Å². The predicted molar refractivity (Wildman–Crippen MR) is 87.7 cm³/mol. The third kappa shape index (κ3) is 3.24. The van der Waals surface area contributed by atoms with E-state index in [2.05, 4.69) is 29.3 Å². The Kier molecular flexibility index (Phi) is 4.97. The molecule has 0 bridgehead atoms. The Balaban J connectivity index is 2.49. The van der Waals surface area contributed by atoms with Gasteiger partial charge in [-0.25, -0.2) is 4.39 Å². The molecule has 0 aliphatic heterocycles. The Bertz CT molecular complexity index is 610. The summed E-state index contributed by atoms with van der Waals surface area (Å²) >= 11 is 0. The highest BCUT2D eigenvalue weighted by molar-refractivity contribution is 5.69. The number of rotatable bonds is 5. The molecule has 0 aliphatic rings. The molecule has 0 radical (unpaired) electrons. The monoisotopic (exact) mass is 286 g/mol. The predicted octanol–water partition coefficient (Wildman–Crippen LogP) is 4.57. The highest BCUT2D eigenvalue weighted by Gasteiger charge is 2.18. The van der Waals surface area contributed by atoms with E-state index in [4.69, 9.17) is 0 Å². The molecule has 2 nitrogen and oxygen atoms in total. The molecule has 3 heteroatoms. The molecule has 0 aromatic heterocycles. The first-order valence-corrected chi connectivity index (χ1v) is 7.37. The van der Waals surface area contributed by atoms with E-state index >= 15 is 0 Å². The van der Waals surface area contributed by atoms with Crippen molar-refractivity contribution in [1.29, 1.82) is 0 Å². The summed E-state index contributed by atoms with van der Waals surface area (Å²) in [5.74, 6) is -0.165. The van der Waals surface area contributed by atoms with Crippen molar-refractivity contribution in [3.63, 3.8) is 0 Å². The number of aryl methyl sites for hydroxylation is 1. The van der Waals surface area contributed by atoms with Gasteiger partial charge < -0.3 is 10.2 Å². The van der Waals surface area contributed by atoms with Crippen LogP contribution in [0.2, 0.25) is 0 Å². The van der Waals surface area contributed by atoms with Crippen LogP contribution in [0.1, 0.15) is 31.0 Å². The molecular formula is C18H23FN2. The van der Waals surface area contributed by atoms with Gasteiger partial charge in [-0.3, -0.25) is 0 Å². The fourth-order valence-electron chi connectivity index (χ4n) is 2.72. The molecule has 2 aromatic rings. The molecule has 0 aliphatic carbocycles. The standard InChI is InChI=1S/C18H23FN2/c1-5-20-14(3)18-15(19)10-8-12-17(18)21(4)16-11-7-6-9-13(16)2/h6-12,14,20H,5H2,1-4H3. The van der Waals surface area contributed by atoms with Crippen molar-refractivity contribution in [3.05, 3.63) is 59.4 Å². The van der Waals surface area contributed by atoms with E-state index < -0.39 is 0 Å². The molecule has 0 heterocycles. The smallest absolute Gasteiger partial charge is 0.130 e. The lowest BCUT2D eigenvalue weighted by molar-refractivity contribution is 0.541. The maximum atomic E-state index is 14.3. The maximum absolute atomic E-state index is 14.3. The highest BCUT2D eigenvalue weighted by atomic mass is 19.1. The number of nitrogens with one attached hydrogen (secondary N) is 1. The van der Waals surface area contributed by atoms with Gasteiger partial charge in [-0.05, 0) is 44.2 Å². The van der Waals surface area contributed by atoms with Crippen LogP contribution < -0.4 is 10.2 Å². The number of nitrogens with zero attached hydrogens (tertiary/aromatic N) is 1. The van der Waals surface area contributed by atoms with Gasteiger partial charge in [0.15, 0.2) is 0 Å². The number of halogens is 1. The molecule has 0 amide bonds. The number of para-hydroxylation sites is 1. The third-order valence-electron chi connectivity index (χ3n) is 3.81. The number of hydrogen-bond acceptors (Lipinski definition) is 2. The first-order valence-electron chi connectivity index (χ1n) is 7.37. The van der Waals surface area contributed by atoms with Crippen LogP contribution in [0.25, 0.3) is 0 Å². The zero-order chi connectivity index (χ0) is 15.4. The zero-order valence-corrected chi connectivity index (χ0v) is 13.2. The minimum absolute atomic E-state index is 0.0299. The molecule has 21 heavy (non-hydrogen) atoms. The molecule has 0 saturated heterocycles. The van der Waals surface area contributed by atoms with Crippen molar-refractivity contribution < 1.29 is 4.39 Å². The third-order valence-corrected chi connectivity index (χ3v) is 3.81. The van der Waals surface area contributed by atoms with Crippen LogP contribution in [-0.4, -0.2) is 13.6 Å². The van der Waals surface area contributed by atoms with Crippen LogP contribution in [-0.2, 0) is 0 Å². The average Bonchev–Trinajstić information content (AvgIpc) is 2.47. The summed E-state index contributed by atoms with van der Waals surface area (Å²) in [7, 11) is 1.99. The van der Waals surface area contributed by atoms with Gasteiger partial charge in [0, 0.05) is 30.0 Å². The van der Waals surface area contributed by atoms with Crippen LogP contribution in [0.4, 0.5) is 15.8 Å². The highest BCUT2D eigenvalue weighted by Crippen LogP contribution is 2.33. The van der Waals surface area contributed by atoms with Crippen LogP contribution in [0, 0.1) is 12.7 Å². The average molecular weight is 286 g/mol. The van der Waals surface area contributed by atoms with Crippen molar-refractivity contribution in [2.24, 2.45) is 0 Å². The summed E-state index contributed by atoms with van der Waals surface area (Å²) < 4.78 is 14.3. The van der Waals surface area contributed by atoms with Crippen LogP contribution in [0.15, 0.2) is 42.5 Å². The molecule has 1 atom stereocenters. The molecule has 0 spiro atoms. The Morgan fingerprint density at radius 1 is 1.10 bits per heavy atom. The number of anilines is 2. The fourth-order valence-corrected chi connectivity index (χ4v) is 2.72. The summed E-state index contributed by atoms with van der Waals surface area (Å²) in [5, 5.41) is 3.30. The van der Waals surface area contributed by atoms with E-state index in [-0.39, 0.29) is 11.9 Å². The molecule has 0 saturated carbocycles. The number of benzene rings is 2. The second kappa shape index (κ2) is 6.72. The summed E-state index contributed by atoms with van der Waals surface area (Å²) in [6, 6.07) is 13.4. The van der Waals surface area contributed by atoms with Gasteiger partial charge in [0.1, 0.15) is 5.82 Å². The van der Waals surface area contributed by atoms with Gasteiger partial charge in [0.2, 0.25) is 0 Å². The lowest BCUT2D eigenvalue weighted by atomic mass is 10.0. The lowest BCUT2D eigenvalue weighted by Gasteiger charge is -2.27. The van der Waals surface area contributed by atoms with Gasteiger partial charge in [-0.2, -0.15) is 0 Å². The summed E-state index contributed by atoms with van der Waals surface area (Å²) in [6.45, 7) is 6.90. The van der Waals surface area contributed by atoms with Crippen molar-refractivity contribution in [2.75, 3.05) is 18.5 Å². The quantitative estimate of drug-likeness (QED) is 0.866. The van der Waals surface area contributed by atoms with Crippen LogP contribution in [0.3, 0.4) is 0 Å². The van der Waals surface area contributed by atoms with Crippen molar-refractivity contribution in [2.45, 2.75) is 26.8 Å². The van der Waals surface area contributed by atoms with Gasteiger partial charge in [-0.15, -0.1) is 0 Å². The molecule has 1 unspecified atom stereocenters. The molecule has 2 rings (SSSR count). The van der Waals surface area contributed by atoms with Crippen molar-refractivity contribution in [1.82, 2.24) is 5.32 Å². The first-order chi connectivity index (χ1) is 10.1. The normalized spacial score (nSPS) is 12.2. The molecule has 112 valence electrons. The largest absolute Gasteiger partial charge is 0.344 e. The minimum atomic E-state index is -0.165. The topological polar surface area (TPSA) is 15.3 Å². The van der Waals surface area contributed by atoms with Crippen LogP contribution >= 0.6 is 0 Å².